The predicted molar refractivity (Wildman–Crippen MR) is 68.7 cm³/mol. The molecule has 0 bridgehead atoms. The number of hydrogen-bond acceptors (Lipinski definition) is 4. The monoisotopic (exact) mass is 266 g/mol. The molecule has 0 aromatic rings. The third-order valence-corrected chi connectivity index (χ3v) is 2.44. The zero-order chi connectivity index (χ0) is 13.5. The summed E-state index contributed by atoms with van der Waals surface area (Å²) in [7, 11) is 0. The minimum Gasteiger partial charge on any atom is -0.379 e. The van der Waals surface area contributed by atoms with E-state index in [2.05, 4.69) is 13.8 Å². The Balaban J connectivity index is 2.94. The molecule has 0 amide bonds. The van der Waals surface area contributed by atoms with Crippen LogP contribution in [0.1, 0.15) is 20.3 Å². The van der Waals surface area contributed by atoms with Crippen molar-refractivity contribution < 1.29 is 23.3 Å². The Hall–Kier alpha value is -0.230. The molecule has 0 aliphatic heterocycles. The lowest BCUT2D eigenvalue weighted by molar-refractivity contribution is -0.00631. The lowest BCUT2D eigenvalue weighted by Crippen LogP contribution is -2.13. The van der Waals surface area contributed by atoms with Crippen LogP contribution in [0.4, 0.5) is 4.39 Å². The summed E-state index contributed by atoms with van der Waals surface area (Å²) in [5.74, 6) is 0.609. The second-order valence-electron chi connectivity index (χ2n) is 4.11. The second kappa shape index (κ2) is 14.8. The quantitative estimate of drug-likeness (QED) is 0.451. The number of halogens is 1. The highest BCUT2D eigenvalue weighted by Crippen LogP contribution is 1.99. The first-order valence-electron chi connectivity index (χ1n) is 6.68. The highest BCUT2D eigenvalue weighted by atomic mass is 19.1. The van der Waals surface area contributed by atoms with Gasteiger partial charge in [-0.15, -0.1) is 0 Å². The van der Waals surface area contributed by atoms with Gasteiger partial charge in [0.25, 0.3) is 0 Å². The van der Waals surface area contributed by atoms with Gasteiger partial charge in [-0.1, -0.05) is 20.3 Å². The molecule has 18 heavy (non-hydrogen) atoms. The van der Waals surface area contributed by atoms with E-state index >= 15 is 0 Å². The van der Waals surface area contributed by atoms with Crippen LogP contribution in [0.25, 0.3) is 0 Å². The maximum absolute atomic E-state index is 11.6. The summed E-state index contributed by atoms with van der Waals surface area (Å²) in [6.45, 7) is 8.03. The van der Waals surface area contributed by atoms with Crippen LogP contribution in [0.3, 0.4) is 0 Å². The summed E-state index contributed by atoms with van der Waals surface area (Å²) < 4.78 is 32.6. The van der Waals surface area contributed by atoms with Gasteiger partial charge in [0.1, 0.15) is 6.67 Å². The molecular formula is C13H27FO4. The molecule has 0 N–H and O–H groups in total. The Bertz CT molecular complexity index is 158. The van der Waals surface area contributed by atoms with E-state index in [1.165, 1.54) is 0 Å². The van der Waals surface area contributed by atoms with E-state index in [4.69, 9.17) is 18.9 Å². The lowest BCUT2D eigenvalue weighted by Gasteiger charge is -2.09. The molecule has 0 saturated carbocycles. The smallest absolute Gasteiger partial charge is 0.113 e. The molecule has 1 unspecified atom stereocenters. The molecule has 0 heterocycles. The van der Waals surface area contributed by atoms with E-state index in [0.29, 0.717) is 45.6 Å². The van der Waals surface area contributed by atoms with Gasteiger partial charge in [0.05, 0.1) is 46.2 Å². The largest absolute Gasteiger partial charge is 0.379 e. The van der Waals surface area contributed by atoms with Crippen molar-refractivity contribution in [1.82, 2.24) is 0 Å². The average Bonchev–Trinajstić information content (AvgIpc) is 2.39. The maximum atomic E-state index is 11.6. The average molecular weight is 266 g/mol. The van der Waals surface area contributed by atoms with E-state index in [-0.39, 0.29) is 6.61 Å². The van der Waals surface area contributed by atoms with Crippen LogP contribution >= 0.6 is 0 Å². The lowest BCUT2D eigenvalue weighted by atomic mass is 10.1. The van der Waals surface area contributed by atoms with Crippen LogP contribution in [-0.2, 0) is 18.9 Å². The molecule has 0 saturated heterocycles. The molecule has 0 fully saturated rings. The highest BCUT2D eigenvalue weighted by molar-refractivity contribution is 4.45. The van der Waals surface area contributed by atoms with Gasteiger partial charge in [-0.05, 0) is 5.92 Å². The van der Waals surface area contributed by atoms with Gasteiger partial charge in [0.15, 0.2) is 0 Å². The Morgan fingerprint density at radius 1 is 0.778 bits per heavy atom. The normalized spacial score (nSPS) is 12.8. The van der Waals surface area contributed by atoms with Gasteiger partial charge in [-0.25, -0.2) is 4.39 Å². The summed E-state index contributed by atoms with van der Waals surface area (Å²) >= 11 is 0. The van der Waals surface area contributed by atoms with Crippen LogP contribution in [0.5, 0.6) is 0 Å². The first-order chi connectivity index (χ1) is 8.81. The molecule has 5 heteroatoms. The van der Waals surface area contributed by atoms with Crippen LogP contribution in [0.15, 0.2) is 0 Å². The van der Waals surface area contributed by atoms with Crippen molar-refractivity contribution in [3.8, 4) is 0 Å². The Labute approximate surface area is 110 Å². The Morgan fingerprint density at radius 3 is 1.67 bits per heavy atom. The molecule has 0 aromatic carbocycles. The highest BCUT2D eigenvalue weighted by Gasteiger charge is 1.97. The molecule has 0 radical (unpaired) electrons. The fraction of sp³-hybridized carbons (Fsp3) is 1.00. The minimum absolute atomic E-state index is 0.146. The second-order valence-corrected chi connectivity index (χ2v) is 4.11. The van der Waals surface area contributed by atoms with E-state index in [1.807, 2.05) is 0 Å². The zero-order valence-corrected chi connectivity index (χ0v) is 11.7. The van der Waals surface area contributed by atoms with Crippen molar-refractivity contribution in [2.45, 2.75) is 20.3 Å². The topological polar surface area (TPSA) is 36.9 Å². The van der Waals surface area contributed by atoms with Gasteiger partial charge in [0, 0.05) is 6.61 Å². The van der Waals surface area contributed by atoms with Gasteiger partial charge in [-0.3, -0.25) is 0 Å². The van der Waals surface area contributed by atoms with E-state index in [9.17, 15) is 4.39 Å². The number of alkyl halides is 1. The summed E-state index contributed by atoms with van der Waals surface area (Å²) in [6.07, 6.45) is 1.14. The third-order valence-electron chi connectivity index (χ3n) is 2.44. The Morgan fingerprint density at radius 2 is 1.22 bits per heavy atom. The summed E-state index contributed by atoms with van der Waals surface area (Å²) in [5.41, 5.74) is 0. The Kier molecular flexibility index (Phi) is 14.6. The van der Waals surface area contributed by atoms with Crippen molar-refractivity contribution >= 4 is 0 Å². The molecule has 0 aromatic heterocycles. The molecule has 0 aliphatic rings. The predicted octanol–water partition coefficient (Wildman–Crippen LogP) is 2.07. The zero-order valence-electron chi connectivity index (χ0n) is 11.7. The van der Waals surface area contributed by atoms with E-state index in [1.54, 1.807) is 0 Å². The number of rotatable bonds is 14. The van der Waals surface area contributed by atoms with Gasteiger partial charge >= 0.3 is 0 Å². The molecule has 1 atom stereocenters. The number of ether oxygens (including phenoxy) is 4. The molecule has 0 aliphatic carbocycles. The van der Waals surface area contributed by atoms with Crippen LogP contribution in [0.2, 0.25) is 0 Å². The summed E-state index contributed by atoms with van der Waals surface area (Å²) in [5, 5.41) is 0. The minimum atomic E-state index is -0.445. The van der Waals surface area contributed by atoms with Gasteiger partial charge in [0.2, 0.25) is 0 Å². The molecule has 4 nitrogen and oxygen atoms in total. The summed E-state index contributed by atoms with van der Waals surface area (Å²) in [6, 6.07) is 0. The van der Waals surface area contributed by atoms with Crippen molar-refractivity contribution in [2.24, 2.45) is 5.92 Å². The standard InChI is InChI=1S/C13H27FO4/c1-3-13(2)12-18-11-10-17-9-8-16-7-6-15-5-4-14/h13H,3-12H2,1-2H3. The fourth-order valence-corrected chi connectivity index (χ4v) is 1.12. The van der Waals surface area contributed by atoms with Gasteiger partial charge < -0.3 is 18.9 Å². The maximum Gasteiger partial charge on any atom is 0.113 e. The molecule has 0 rings (SSSR count). The van der Waals surface area contributed by atoms with Crippen LogP contribution in [0, 0.1) is 5.92 Å². The van der Waals surface area contributed by atoms with Gasteiger partial charge in [-0.2, -0.15) is 0 Å². The number of hydrogen-bond donors (Lipinski definition) is 0. The van der Waals surface area contributed by atoms with Crippen molar-refractivity contribution in [2.75, 3.05) is 59.5 Å². The first-order valence-corrected chi connectivity index (χ1v) is 6.68. The SMILES string of the molecule is CCC(C)COCCOCCOCCOCCF. The first kappa shape index (κ1) is 17.8. The van der Waals surface area contributed by atoms with Crippen molar-refractivity contribution in [3.63, 3.8) is 0 Å². The fourth-order valence-electron chi connectivity index (χ4n) is 1.12. The summed E-state index contributed by atoms with van der Waals surface area (Å²) in [4.78, 5) is 0. The molecule has 0 spiro atoms. The third kappa shape index (κ3) is 13.8. The van der Waals surface area contributed by atoms with Crippen LogP contribution in [-0.4, -0.2) is 59.5 Å². The van der Waals surface area contributed by atoms with E-state index in [0.717, 1.165) is 13.0 Å². The van der Waals surface area contributed by atoms with Crippen molar-refractivity contribution in [1.29, 1.82) is 0 Å². The molecular weight excluding hydrogens is 239 g/mol. The molecule has 110 valence electrons. The van der Waals surface area contributed by atoms with Crippen molar-refractivity contribution in [3.05, 3.63) is 0 Å². The van der Waals surface area contributed by atoms with E-state index < -0.39 is 6.67 Å². The van der Waals surface area contributed by atoms with Crippen LogP contribution < -0.4 is 0 Å².